The molecule has 226 valence electrons. The van der Waals surface area contributed by atoms with E-state index < -0.39 is 23.9 Å². The monoisotopic (exact) mass is 596 g/mol. The molecule has 2 aliphatic heterocycles. The molecule has 2 N–H and O–H groups in total. The minimum atomic E-state index is -2.39. The number of hydrogen-bond donors (Lipinski definition) is 2. The second-order valence-electron chi connectivity index (χ2n) is 11.9. The van der Waals surface area contributed by atoms with Crippen LogP contribution in [-0.2, 0) is 33.0 Å². The molecule has 2 bridgehead atoms. The number of fused-ring (bicyclic) bond motifs is 3. The van der Waals surface area contributed by atoms with Crippen molar-refractivity contribution in [3.05, 3.63) is 70.3 Å². The van der Waals surface area contributed by atoms with Crippen LogP contribution in [0.5, 0.6) is 5.75 Å². The van der Waals surface area contributed by atoms with Gasteiger partial charge in [0, 0.05) is 38.8 Å². The van der Waals surface area contributed by atoms with Crippen LogP contribution in [0.25, 0.3) is 0 Å². The SMILES string of the molecule is CO[C@H]1C/C=C/CN(C)C(=O)C[C@@](O)(C(=O)O)c2ccc3c(c2)N(CCCCc2cc(Cl)ccc2CO3)C[C@@H]2CC[C@H]21. The summed E-state index contributed by atoms with van der Waals surface area (Å²) >= 11 is 6.32. The number of aliphatic carboxylic acids is 1. The van der Waals surface area contributed by atoms with Crippen molar-refractivity contribution in [1.82, 2.24) is 4.90 Å². The number of amides is 1. The third-order valence-corrected chi connectivity index (χ3v) is 9.50. The van der Waals surface area contributed by atoms with E-state index in [9.17, 15) is 19.8 Å². The summed E-state index contributed by atoms with van der Waals surface area (Å²) in [5, 5.41) is 22.4. The van der Waals surface area contributed by atoms with Gasteiger partial charge in [-0.2, -0.15) is 0 Å². The van der Waals surface area contributed by atoms with Crippen LogP contribution in [0.3, 0.4) is 0 Å². The normalized spacial score (nSPS) is 27.9. The summed E-state index contributed by atoms with van der Waals surface area (Å²) in [6.45, 7) is 2.16. The number of benzene rings is 2. The Labute approximate surface area is 252 Å². The van der Waals surface area contributed by atoms with Gasteiger partial charge in [-0.25, -0.2) is 4.79 Å². The molecule has 0 unspecified atom stereocenters. The fourth-order valence-corrected chi connectivity index (χ4v) is 6.65. The molecule has 0 aromatic heterocycles. The maximum atomic E-state index is 13.1. The first-order valence-corrected chi connectivity index (χ1v) is 15.2. The fraction of sp³-hybridized carbons (Fsp3) is 0.515. The van der Waals surface area contributed by atoms with Crippen LogP contribution in [0.15, 0.2) is 48.6 Å². The molecule has 42 heavy (non-hydrogen) atoms. The highest BCUT2D eigenvalue weighted by Gasteiger charge is 2.43. The third-order valence-electron chi connectivity index (χ3n) is 9.27. The second kappa shape index (κ2) is 13.1. The predicted octanol–water partition coefficient (Wildman–Crippen LogP) is 5.18. The first-order chi connectivity index (χ1) is 20.2. The first kappa shape index (κ1) is 30.4. The quantitative estimate of drug-likeness (QED) is 0.461. The van der Waals surface area contributed by atoms with Crippen LogP contribution < -0.4 is 9.64 Å². The lowest BCUT2D eigenvalue weighted by molar-refractivity contribution is -0.164. The van der Waals surface area contributed by atoms with E-state index in [1.165, 1.54) is 4.90 Å². The van der Waals surface area contributed by atoms with Crippen LogP contribution in [0, 0.1) is 11.8 Å². The van der Waals surface area contributed by atoms with Crippen molar-refractivity contribution in [2.75, 3.05) is 38.7 Å². The summed E-state index contributed by atoms with van der Waals surface area (Å²) in [5.74, 6) is -0.519. The Morgan fingerprint density at radius 2 is 1.95 bits per heavy atom. The number of nitrogens with zero attached hydrogens (tertiary/aromatic N) is 2. The molecule has 2 aromatic carbocycles. The molecular formula is C33H41ClN2O6. The van der Waals surface area contributed by atoms with Gasteiger partial charge in [-0.1, -0.05) is 35.9 Å². The summed E-state index contributed by atoms with van der Waals surface area (Å²) in [7, 11) is 3.38. The molecule has 1 aliphatic carbocycles. The highest BCUT2D eigenvalue weighted by atomic mass is 35.5. The van der Waals surface area contributed by atoms with E-state index in [4.69, 9.17) is 21.1 Å². The number of aliphatic hydroxyl groups is 1. The van der Waals surface area contributed by atoms with Crippen LogP contribution >= 0.6 is 11.6 Å². The van der Waals surface area contributed by atoms with Crippen LogP contribution in [-0.4, -0.2) is 66.9 Å². The zero-order chi connectivity index (χ0) is 29.9. The van der Waals surface area contributed by atoms with Crippen molar-refractivity contribution in [3.8, 4) is 5.75 Å². The lowest BCUT2D eigenvalue weighted by atomic mass is 9.69. The average Bonchev–Trinajstić information content (AvgIpc) is 2.99. The Bertz CT molecular complexity index is 1330. The number of carbonyl (C=O) groups is 2. The number of halogens is 1. The Kier molecular flexibility index (Phi) is 9.45. The van der Waals surface area contributed by atoms with Gasteiger partial charge in [-0.15, -0.1) is 0 Å². The number of carboxylic acid groups (broad SMARTS) is 1. The van der Waals surface area contributed by atoms with E-state index in [0.717, 1.165) is 68.4 Å². The molecule has 0 saturated heterocycles. The van der Waals surface area contributed by atoms with Crippen LogP contribution in [0.4, 0.5) is 5.69 Å². The summed E-state index contributed by atoms with van der Waals surface area (Å²) in [6.07, 6.45) is 9.11. The molecule has 1 amide bonds. The largest absolute Gasteiger partial charge is 0.487 e. The van der Waals surface area contributed by atoms with E-state index in [2.05, 4.69) is 4.90 Å². The van der Waals surface area contributed by atoms with Crippen molar-refractivity contribution in [2.45, 2.75) is 63.3 Å². The van der Waals surface area contributed by atoms with E-state index in [-0.39, 0.29) is 11.7 Å². The molecule has 2 heterocycles. The van der Waals surface area contributed by atoms with Gasteiger partial charge in [-0.05, 0) is 91.3 Å². The predicted molar refractivity (Wildman–Crippen MR) is 162 cm³/mol. The second-order valence-corrected chi connectivity index (χ2v) is 12.3. The Hall–Kier alpha value is -3.07. The van der Waals surface area contributed by atoms with Crippen molar-refractivity contribution in [3.63, 3.8) is 0 Å². The minimum Gasteiger partial charge on any atom is -0.487 e. The minimum absolute atomic E-state index is 0.0799. The standard InChI is InChI=1S/C33H41ClN2O6/c1-35-15-5-4-8-29(41-2)27-13-10-23(27)20-36-16-6-3-7-22-17-26(34)12-9-24(22)21-42-30-14-11-25(18-28(30)36)33(40,32(38)39)19-31(35)37/h4-5,9,11-12,14,17-18,23,27,29,40H,3,6-8,10,13,15-16,19-21H2,1-2H3,(H,38,39)/b5-4+/t23-,27+,29-,33-/m0/s1. The lowest BCUT2D eigenvalue weighted by Gasteiger charge is -2.44. The highest BCUT2D eigenvalue weighted by molar-refractivity contribution is 6.30. The third kappa shape index (κ3) is 6.46. The molecule has 0 spiro atoms. The zero-order valence-electron chi connectivity index (χ0n) is 24.4. The number of hydrogen-bond acceptors (Lipinski definition) is 6. The topological polar surface area (TPSA) is 99.5 Å². The van der Waals surface area contributed by atoms with Gasteiger partial charge in [0.2, 0.25) is 5.91 Å². The summed E-state index contributed by atoms with van der Waals surface area (Å²) in [4.78, 5) is 29.4. The van der Waals surface area contributed by atoms with E-state index >= 15 is 0 Å². The molecule has 1 saturated carbocycles. The maximum Gasteiger partial charge on any atom is 0.340 e. The Morgan fingerprint density at radius 1 is 1.12 bits per heavy atom. The zero-order valence-corrected chi connectivity index (χ0v) is 25.2. The fourth-order valence-electron chi connectivity index (χ4n) is 6.46. The summed E-state index contributed by atoms with van der Waals surface area (Å²) in [6, 6.07) is 10.9. The molecule has 3 aliphatic rings. The highest BCUT2D eigenvalue weighted by Crippen LogP contribution is 2.43. The van der Waals surface area contributed by atoms with Crippen LogP contribution in [0.2, 0.25) is 5.02 Å². The average molecular weight is 597 g/mol. The molecule has 0 radical (unpaired) electrons. The van der Waals surface area contributed by atoms with Gasteiger partial charge in [0.1, 0.15) is 12.4 Å². The maximum absolute atomic E-state index is 13.1. The van der Waals surface area contributed by atoms with Gasteiger partial charge in [0.25, 0.3) is 0 Å². The number of rotatable bonds is 2. The molecule has 1 fully saturated rings. The van der Waals surface area contributed by atoms with Gasteiger partial charge >= 0.3 is 5.97 Å². The number of anilines is 1. The van der Waals surface area contributed by atoms with Gasteiger partial charge < -0.3 is 29.5 Å². The Morgan fingerprint density at radius 3 is 2.69 bits per heavy atom. The number of ether oxygens (including phenoxy) is 2. The summed E-state index contributed by atoms with van der Waals surface area (Å²) in [5.41, 5.74) is 0.731. The molecule has 8 nitrogen and oxygen atoms in total. The Balaban J connectivity index is 1.58. The number of aryl methyl sites for hydroxylation is 1. The molecular weight excluding hydrogens is 556 g/mol. The van der Waals surface area contributed by atoms with E-state index in [0.29, 0.717) is 35.8 Å². The van der Waals surface area contributed by atoms with E-state index in [1.54, 1.807) is 32.4 Å². The van der Waals surface area contributed by atoms with Crippen molar-refractivity contribution >= 4 is 29.2 Å². The van der Waals surface area contributed by atoms with Gasteiger partial charge in [0.05, 0.1) is 18.2 Å². The number of methoxy groups -OCH3 is 1. The smallest absolute Gasteiger partial charge is 0.340 e. The lowest BCUT2D eigenvalue weighted by Crippen LogP contribution is -2.45. The molecule has 5 rings (SSSR count). The number of carbonyl (C=O) groups excluding carboxylic acids is 1. The van der Waals surface area contributed by atoms with Crippen molar-refractivity contribution in [1.29, 1.82) is 0 Å². The number of likely N-dealkylation sites (N-methyl/N-ethyl adjacent to an activating group) is 1. The van der Waals surface area contributed by atoms with Gasteiger partial charge in [0.15, 0.2) is 5.60 Å². The van der Waals surface area contributed by atoms with E-state index in [1.807, 2.05) is 30.4 Å². The van der Waals surface area contributed by atoms with Crippen molar-refractivity contribution in [2.24, 2.45) is 11.8 Å². The number of carboxylic acids is 1. The molecule has 4 atom stereocenters. The van der Waals surface area contributed by atoms with Gasteiger partial charge in [-0.3, -0.25) is 4.79 Å². The molecule has 9 heteroatoms. The molecule has 2 aromatic rings. The van der Waals surface area contributed by atoms with Crippen LogP contribution in [0.1, 0.15) is 55.2 Å². The van der Waals surface area contributed by atoms with Crippen molar-refractivity contribution < 1.29 is 29.3 Å². The summed E-state index contributed by atoms with van der Waals surface area (Å²) < 4.78 is 12.4. The first-order valence-electron chi connectivity index (χ1n) is 14.9.